The van der Waals surface area contributed by atoms with Crippen LogP contribution in [0.2, 0.25) is 10.6 Å². The van der Waals surface area contributed by atoms with E-state index in [4.69, 9.17) is 34.4 Å². The average molecular weight is 1180 g/mol. The van der Waals surface area contributed by atoms with E-state index < -0.39 is 165 Å². The van der Waals surface area contributed by atoms with Crippen molar-refractivity contribution >= 4 is 97.2 Å². The van der Waals surface area contributed by atoms with Crippen LogP contribution in [-0.2, 0) is 65.6 Å². The van der Waals surface area contributed by atoms with Crippen LogP contribution in [-0.4, -0.2) is 175 Å². The van der Waals surface area contributed by atoms with E-state index in [-0.39, 0.29) is 67.5 Å². The summed E-state index contributed by atoms with van der Waals surface area (Å²) in [5.74, 6) is -9.85. The fourth-order valence-corrected chi connectivity index (χ4v) is 14.8. The number of phenolic OH excluding ortho intramolecular Hbond substituents is 1. The maximum absolute atomic E-state index is 14.6. The topological polar surface area (TPSA) is 464 Å². The summed E-state index contributed by atoms with van der Waals surface area (Å²) in [6.07, 6.45) is -1.25. The van der Waals surface area contributed by atoms with Gasteiger partial charge in [0.1, 0.15) is 0 Å². The summed E-state index contributed by atoms with van der Waals surface area (Å²) >= 11 is -1.00. The van der Waals surface area contributed by atoms with Crippen molar-refractivity contribution in [3.63, 3.8) is 0 Å². The number of aliphatic imine (C=N–C) groups is 1. The van der Waals surface area contributed by atoms with E-state index in [2.05, 4.69) is 42.2 Å². The molecule has 0 saturated carbocycles. The minimum atomic E-state index is -1.77. The Morgan fingerprint density at radius 2 is 1.28 bits per heavy atom. The first-order chi connectivity index (χ1) is 35.6. The van der Waals surface area contributed by atoms with Crippen LogP contribution in [0.15, 0.2) is 59.6 Å². The van der Waals surface area contributed by atoms with Crippen molar-refractivity contribution in [2.45, 2.75) is 117 Å². The van der Waals surface area contributed by atoms with E-state index in [9.17, 15) is 57.8 Å². The molecule has 0 aromatic heterocycles. The van der Waals surface area contributed by atoms with Crippen LogP contribution in [0.1, 0.15) is 56.1 Å². The Hall–Kier alpha value is -7.32. The molecule has 8 atom stereocenters. The van der Waals surface area contributed by atoms with E-state index in [0.29, 0.717) is 17.5 Å². The molecule has 2 aromatic carbocycles. The second kappa shape index (κ2) is 30.1. The van der Waals surface area contributed by atoms with Crippen molar-refractivity contribution in [2.75, 3.05) is 19.6 Å². The molecule has 2 saturated heterocycles. The normalized spacial score (nSPS) is 22.6. The SMILES string of the molecule is NC(=O)CC[C@@H]1NC(=O)[C@H](Cc2ccccc2)NC(=O)[C@H](Cc2ccc(O)cc2)NC(=O)[C@@H](N)C[Se][Se]C[C@@H](C(=O)N2CCC[C@H]2C(=O)N[C@H](CCCN=C(N)N)C(=O)NCC(N)=O)NC(=O)[C@H](CC(N)=O)NC1=O. The van der Waals surface area contributed by atoms with Gasteiger partial charge < -0.3 is 17.2 Å². The van der Waals surface area contributed by atoms with Gasteiger partial charge in [0.2, 0.25) is 0 Å². The summed E-state index contributed by atoms with van der Waals surface area (Å²) in [4.78, 5) is 154. The minimum absolute atomic E-state index is 0.0117. The summed E-state index contributed by atoms with van der Waals surface area (Å²) in [6.45, 7) is -0.400. The molecule has 2 aromatic rings. The van der Waals surface area contributed by atoms with E-state index in [1.165, 1.54) is 29.2 Å². The first kappa shape index (κ1) is 60.2. The summed E-state index contributed by atoms with van der Waals surface area (Å²) < 4.78 is 0. The summed E-state index contributed by atoms with van der Waals surface area (Å²) in [7, 11) is 0. The van der Waals surface area contributed by atoms with Crippen LogP contribution >= 0.6 is 0 Å². The molecule has 2 aliphatic rings. The number of carbonyl (C=O) groups is 11. The molecule has 0 radical (unpaired) electrons. The second-order valence-electron chi connectivity index (χ2n) is 17.6. The number of amides is 11. The quantitative estimate of drug-likeness (QED) is 0.0269. The molecule has 0 spiro atoms. The number of nitrogens with zero attached hydrogens (tertiary/aromatic N) is 2. The molecule has 4 rings (SSSR count). The molecule has 29 heteroatoms. The molecular formula is C46H65N15O12Se2. The van der Waals surface area contributed by atoms with Crippen LogP contribution in [0.25, 0.3) is 0 Å². The van der Waals surface area contributed by atoms with Crippen molar-refractivity contribution in [1.82, 2.24) is 42.1 Å². The molecule has 20 N–H and O–H groups in total. The second-order valence-corrected chi connectivity index (χ2v) is 25.1. The van der Waals surface area contributed by atoms with Gasteiger partial charge in [0, 0.05) is 0 Å². The predicted molar refractivity (Wildman–Crippen MR) is 272 cm³/mol. The zero-order chi connectivity index (χ0) is 55.2. The Morgan fingerprint density at radius 3 is 1.89 bits per heavy atom. The Balaban J connectivity index is 1.71. The number of aromatic hydroxyl groups is 1. The Morgan fingerprint density at radius 1 is 0.707 bits per heavy atom. The predicted octanol–water partition coefficient (Wildman–Crippen LogP) is -6.63. The standard InChI is InChI=1S/C46H65N15O12Se2/c47-27-22-74-75-23-33(45(73)61-17-5-9-34(61)44(72)56-28(8-4-16-53-46(51)52)39(67)54-21-37(50)65)60-43(71)32(20-36(49)64)59-40(68)29(14-15-35(48)63)55-41(69)31(18-24-6-2-1-3-7-24)58-42(70)30(57-38(27)66)19-25-10-12-26(62)13-11-25/h1-3,6-7,10-13,27-34,62H,4-5,8-9,14-23,47H2,(H2,48,63)(H2,49,64)(H2,50,65)(H,54,67)(H,55,69)(H,56,72)(H,57,66)(H,58,70)(H,59,68)(H,60,71)(H4,51,52,53)/t27-,28+,29-,30-,31-,32-,33-,34-/m0/s1. The third-order valence-corrected chi connectivity index (χ3v) is 18.8. The molecule has 27 nitrogen and oxygen atoms in total. The van der Waals surface area contributed by atoms with Crippen LogP contribution in [0, 0.1) is 0 Å². The van der Waals surface area contributed by atoms with Crippen LogP contribution in [0.3, 0.4) is 0 Å². The molecule has 408 valence electrons. The zero-order valence-electron chi connectivity index (χ0n) is 40.8. The van der Waals surface area contributed by atoms with Crippen LogP contribution in [0.4, 0.5) is 0 Å². The van der Waals surface area contributed by atoms with E-state index >= 15 is 0 Å². The van der Waals surface area contributed by atoms with Gasteiger partial charge >= 0.3 is 410 Å². The summed E-state index contributed by atoms with van der Waals surface area (Å²) in [6, 6.07) is 3.21. The Bertz CT molecular complexity index is 2420. The van der Waals surface area contributed by atoms with Gasteiger partial charge in [-0.05, 0) is 0 Å². The number of hydrogen-bond donors (Lipinski definition) is 14. The van der Waals surface area contributed by atoms with E-state index in [0.717, 1.165) is 0 Å². The Kier molecular flexibility index (Phi) is 24.2. The third-order valence-electron chi connectivity index (χ3n) is 11.6. The van der Waals surface area contributed by atoms with Crippen molar-refractivity contribution in [1.29, 1.82) is 0 Å². The first-order valence-corrected chi connectivity index (χ1v) is 30.5. The molecule has 0 bridgehead atoms. The summed E-state index contributed by atoms with van der Waals surface area (Å²) in [5, 5.41) is 27.9. The number of carbonyl (C=O) groups excluding carboxylic acids is 11. The number of guanidine groups is 1. The summed E-state index contributed by atoms with van der Waals surface area (Å²) in [5.41, 5.74) is 34.5. The van der Waals surface area contributed by atoms with Crippen molar-refractivity contribution in [3.8, 4) is 5.75 Å². The van der Waals surface area contributed by atoms with Crippen LogP contribution in [0.5, 0.6) is 5.75 Å². The fourth-order valence-electron chi connectivity index (χ4n) is 7.80. The van der Waals surface area contributed by atoms with Crippen molar-refractivity contribution in [2.24, 2.45) is 39.4 Å². The van der Waals surface area contributed by atoms with Gasteiger partial charge in [-0.15, -0.1) is 0 Å². The molecule has 0 unspecified atom stereocenters. The van der Waals surface area contributed by atoms with Gasteiger partial charge in [0.25, 0.3) is 0 Å². The van der Waals surface area contributed by atoms with E-state index in [1.54, 1.807) is 30.3 Å². The van der Waals surface area contributed by atoms with Gasteiger partial charge in [0.05, 0.1) is 0 Å². The number of benzene rings is 2. The molecule has 2 fully saturated rings. The number of nitrogens with two attached hydrogens (primary N) is 6. The Labute approximate surface area is 442 Å². The van der Waals surface area contributed by atoms with Gasteiger partial charge in [-0.1, -0.05) is 6.07 Å². The molecular weight excluding hydrogens is 1110 g/mol. The fraction of sp³-hybridized carbons (Fsp3) is 0.478. The molecule has 2 heterocycles. The van der Waals surface area contributed by atoms with Crippen LogP contribution < -0.4 is 71.6 Å². The van der Waals surface area contributed by atoms with E-state index in [1.807, 2.05) is 0 Å². The average Bonchev–Trinajstić information content (AvgIpc) is 3.86. The number of primary amides is 3. The van der Waals surface area contributed by atoms with Gasteiger partial charge in [0.15, 0.2) is 5.96 Å². The first-order valence-electron chi connectivity index (χ1n) is 23.7. The maximum atomic E-state index is 14.6. The molecule has 75 heavy (non-hydrogen) atoms. The molecule has 2 aliphatic heterocycles. The monoisotopic (exact) mass is 1180 g/mol. The number of nitrogens with one attached hydrogen (secondary N) is 7. The van der Waals surface area contributed by atoms with Crippen molar-refractivity contribution < 1.29 is 57.8 Å². The molecule has 11 amide bonds. The van der Waals surface area contributed by atoms with Crippen molar-refractivity contribution in [3.05, 3.63) is 65.7 Å². The number of likely N-dealkylation sites (tertiary alicyclic amines) is 1. The number of hydrogen-bond acceptors (Lipinski definition) is 14. The number of rotatable bonds is 19. The third kappa shape index (κ3) is 20.5. The number of phenols is 1. The zero-order valence-corrected chi connectivity index (χ0v) is 44.3. The molecule has 0 aliphatic carbocycles. The van der Waals surface area contributed by atoms with Gasteiger partial charge in [-0.3, -0.25) is 4.79 Å². The van der Waals surface area contributed by atoms with Gasteiger partial charge in [-0.25, -0.2) is 0 Å². The van der Waals surface area contributed by atoms with Gasteiger partial charge in [-0.2, -0.15) is 0 Å².